The average molecular weight is 167 g/mol. The smallest absolute Gasteiger partial charge is 0.0665 e. The van der Waals surface area contributed by atoms with Gasteiger partial charge >= 0.3 is 0 Å². The van der Waals surface area contributed by atoms with Gasteiger partial charge in [-0.15, -0.1) is 0 Å². The highest BCUT2D eigenvalue weighted by molar-refractivity contribution is 6.76. The van der Waals surface area contributed by atoms with Gasteiger partial charge in [-0.2, -0.15) is 0 Å². The van der Waals surface area contributed by atoms with Gasteiger partial charge in [-0.1, -0.05) is 31.8 Å². The molecule has 1 rings (SSSR count). The molecule has 1 aliphatic heterocycles. The molecule has 0 aromatic carbocycles. The van der Waals surface area contributed by atoms with Gasteiger partial charge in [0.25, 0.3) is 0 Å². The van der Waals surface area contributed by atoms with E-state index in [0.29, 0.717) is 0 Å². The summed E-state index contributed by atoms with van der Waals surface area (Å²) in [6.07, 6.45) is 9.90. The molecule has 0 N–H and O–H groups in total. The molecule has 0 amide bonds. The second kappa shape index (κ2) is 3.26. The number of allylic oxidation sites excluding steroid dienone is 2. The van der Waals surface area contributed by atoms with E-state index in [-0.39, 0.29) is 0 Å². The predicted molar refractivity (Wildman–Crippen MR) is 53.2 cm³/mol. The molecule has 0 saturated heterocycles. The molecule has 0 aromatic heterocycles. The fraction of sp³-hybridized carbons (Fsp3) is 0.556. The van der Waals surface area contributed by atoms with E-state index in [2.05, 4.69) is 49.0 Å². The molecule has 0 saturated carbocycles. The van der Waals surface area contributed by atoms with Gasteiger partial charge in [-0.25, -0.2) is 0 Å². The highest BCUT2D eigenvalue weighted by Crippen LogP contribution is 2.06. The first-order valence-corrected chi connectivity index (χ1v) is 7.86. The summed E-state index contributed by atoms with van der Waals surface area (Å²) in [5, 5.41) is 0. The van der Waals surface area contributed by atoms with Crippen molar-refractivity contribution in [3.8, 4) is 0 Å². The molecule has 0 bridgehead atoms. The Labute approximate surface area is 70.4 Å². The van der Waals surface area contributed by atoms with E-state index in [9.17, 15) is 0 Å². The second-order valence-corrected chi connectivity index (χ2v) is 9.70. The van der Waals surface area contributed by atoms with Gasteiger partial charge in [0.05, 0.1) is 8.07 Å². The SMILES string of the molecule is C[Si](C)(C)CN1C=CC=CC1. The molecule has 11 heavy (non-hydrogen) atoms. The Hall–Kier alpha value is -0.503. The molecular weight excluding hydrogens is 150 g/mol. The monoisotopic (exact) mass is 167 g/mol. The first-order chi connectivity index (χ1) is 5.08. The maximum Gasteiger partial charge on any atom is 0.0665 e. The van der Waals surface area contributed by atoms with E-state index < -0.39 is 8.07 Å². The second-order valence-electron chi connectivity index (χ2n) is 4.26. The third-order valence-electron chi connectivity index (χ3n) is 1.56. The summed E-state index contributed by atoms with van der Waals surface area (Å²) in [6.45, 7) is 8.30. The van der Waals surface area contributed by atoms with Crippen LogP contribution in [0.25, 0.3) is 0 Å². The first-order valence-electron chi connectivity index (χ1n) is 4.15. The average Bonchev–Trinajstić information content (AvgIpc) is 1.85. The van der Waals surface area contributed by atoms with Crippen LogP contribution < -0.4 is 0 Å². The topological polar surface area (TPSA) is 3.24 Å². The van der Waals surface area contributed by atoms with Crippen LogP contribution in [0, 0.1) is 0 Å². The van der Waals surface area contributed by atoms with Crippen LogP contribution in [0.5, 0.6) is 0 Å². The Kier molecular flexibility index (Phi) is 2.55. The molecule has 1 heterocycles. The minimum Gasteiger partial charge on any atom is -0.377 e. The Morgan fingerprint density at radius 2 is 2.00 bits per heavy atom. The lowest BCUT2D eigenvalue weighted by atomic mass is 10.4. The van der Waals surface area contributed by atoms with Crippen molar-refractivity contribution < 1.29 is 0 Å². The summed E-state index contributed by atoms with van der Waals surface area (Å²) in [5.74, 6) is 0. The summed E-state index contributed by atoms with van der Waals surface area (Å²) >= 11 is 0. The van der Waals surface area contributed by atoms with Crippen LogP contribution in [-0.4, -0.2) is 25.7 Å². The Balaban J connectivity index is 2.39. The highest BCUT2D eigenvalue weighted by Gasteiger charge is 2.15. The predicted octanol–water partition coefficient (Wildman–Crippen LogP) is 2.25. The Morgan fingerprint density at radius 1 is 1.27 bits per heavy atom. The van der Waals surface area contributed by atoms with Crippen LogP contribution in [0.2, 0.25) is 19.6 Å². The molecule has 0 unspecified atom stereocenters. The van der Waals surface area contributed by atoms with E-state index >= 15 is 0 Å². The number of hydrogen-bond acceptors (Lipinski definition) is 1. The Morgan fingerprint density at radius 3 is 2.45 bits per heavy atom. The fourth-order valence-corrected chi connectivity index (χ4v) is 2.69. The lowest BCUT2D eigenvalue weighted by Gasteiger charge is -2.27. The van der Waals surface area contributed by atoms with E-state index in [1.165, 1.54) is 6.17 Å². The molecule has 62 valence electrons. The fourth-order valence-electron chi connectivity index (χ4n) is 1.23. The summed E-state index contributed by atoms with van der Waals surface area (Å²) in [4.78, 5) is 2.40. The van der Waals surface area contributed by atoms with Crippen molar-refractivity contribution in [1.29, 1.82) is 0 Å². The van der Waals surface area contributed by atoms with Gasteiger partial charge in [0, 0.05) is 12.7 Å². The standard InChI is InChI=1S/C9H17NSi/c1-11(2,3)9-10-7-5-4-6-8-10/h4-7H,8-9H2,1-3H3. The van der Waals surface area contributed by atoms with E-state index in [0.717, 1.165) is 6.54 Å². The molecule has 0 spiro atoms. The third-order valence-corrected chi connectivity index (χ3v) is 2.92. The zero-order valence-corrected chi connectivity index (χ0v) is 8.67. The molecule has 1 aliphatic rings. The number of nitrogens with zero attached hydrogens (tertiary/aromatic N) is 1. The van der Waals surface area contributed by atoms with Crippen LogP contribution >= 0.6 is 0 Å². The zero-order chi connectivity index (χ0) is 8.32. The highest BCUT2D eigenvalue weighted by atomic mass is 28.3. The lowest BCUT2D eigenvalue weighted by Crippen LogP contribution is -2.37. The molecule has 0 aliphatic carbocycles. The summed E-state index contributed by atoms with van der Waals surface area (Å²) < 4.78 is 0. The van der Waals surface area contributed by atoms with Gasteiger partial charge in [0.15, 0.2) is 0 Å². The van der Waals surface area contributed by atoms with Crippen LogP contribution in [0.3, 0.4) is 0 Å². The summed E-state index contributed by atoms with van der Waals surface area (Å²) in [5.41, 5.74) is 0. The third kappa shape index (κ3) is 3.42. The van der Waals surface area contributed by atoms with Gasteiger partial charge in [-0.05, 0) is 12.3 Å². The lowest BCUT2D eigenvalue weighted by molar-refractivity contribution is 0.472. The van der Waals surface area contributed by atoms with Gasteiger partial charge in [-0.3, -0.25) is 0 Å². The van der Waals surface area contributed by atoms with Crippen LogP contribution in [0.4, 0.5) is 0 Å². The van der Waals surface area contributed by atoms with Crippen LogP contribution in [0.15, 0.2) is 24.4 Å². The molecule has 0 atom stereocenters. The van der Waals surface area contributed by atoms with Crippen molar-refractivity contribution >= 4 is 8.07 Å². The zero-order valence-electron chi connectivity index (χ0n) is 7.67. The van der Waals surface area contributed by atoms with Crippen molar-refractivity contribution in [3.05, 3.63) is 24.4 Å². The minimum absolute atomic E-state index is 0.904. The quantitative estimate of drug-likeness (QED) is 0.570. The van der Waals surface area contributed by atoms with Crippen molar-refractivity contribution in [2.75, 3.05) is 12.7 Å². The van der Waals surface area contributed by atoms with E-state index in [1.807, 2.05) is 0 Å². The van der Waals surface area contributed by atoms with Crippen molar-refractivity contribution in [3.63, 3.8) is 0 Å². The molecule has 2 heteroatoms. The summed E-state index contributed by atoms with van der Waals surface area (Å²) in [7, 11) is -0.904. The first kappa shape index (κ1) is 8.59. The van der Waals surface area contributed by atoms with E-state index in [4.69, 9.17) is 0 Å². The van der Waals surface area contributed by atoms with Crippen LogP contribution in [0.1, 0.15) is 0 Å². The largest absolute Gasteiger partial charge is 0.377 e. The van der Waals surface area contributed by atoms with Gasteiger partial charge in [0.1, 0.15) is 0 Å². The molecule has 1 nitrogen and oxygen atoms in total. The molecular formula is C9H17NSi. The summed E-state index contributed by atoms with van der Waals surface area (Å²) in [6, 6.07) is 0. The van der Waals surface area contributed by atoms with Crippen molar-refractivity contribution in [2.45, 2.75) is 19.6 Å². The Bertz CT molecular complexity index is 176. The number of hydrogen-bond donors (Lipinski definition) is 0. The molecule has 0 fully saturated rings. The molecule has 0 radical (unpaired) electrons. The maximum atomic E-state index is 2.40. The minimum atomic E-state index is -0.904. The van der Waals surface area contributed by atoms with Crippen molar-refractivity contribution in [1.82, 2.24) is 4.90 Å². The molecule has 0 aromatic rings. The number of rotatable bonds is 2. The maximum absolute atomic E-state index is 2.40. The van der Waals surface area contributed by atoms with Crippen LogP contribution in [-0.2, 0) is 0 Å². The van der Waals surface area contributed by atoms with E-state index in [1.54, 1.807) is 0 Å². The normalized spacial score (nSPS) is 17.5. The van der Waals surface area contributed by atoms with Gasteiger partial charge < -0.3 is 4.90 Å². The van der Waals surface area contributed by atoms with Gasteiger partial charge in [0.2, 0.25) is 0 Å². The van der Waals surface area contributed by atoms with Crippen molar-refractivity contribution in [2.24, 2.45) is 0 Å².